The highest BCUT2D eigenvalue weighted by atomic mass is 16.5. The number of aliphatic hydroxyl groups is 1. The summed E-state index contributed by atoms with van der Waals surface area (Å²) in [7, 11) is 2.87. The molecule has 1 aliphatic rings. The van der Waals surface area contributed by atoms with Crippen LogP contribution in [0.15, 0.2) is 59.8 Å². The van der Waals surface area contributed by atoms with Crippen LogP contribution in [0, 0.1) is 0 Å². The van der Waals surface area contributed by atoms with Crippen molar-refractivity contribution >= 4 is 17.6 Å². The van der Waals surface area contributed by atoms with Crippen LogP contribution >= 0.6 is 0 Å². The summed E-state index contributed by atoms with van der Waals surface area (Å²) in [6.07, 6.45) is 0. The number of carbonyl (C=O) groups excluding carboxylic acids is 2. The molecule has 1 heterocycles. The third kappa shape index (κ3) is 3.70. The zero-order valence-corrected chi connectivity index (χ0v) is 15.8. The first kappa shape index (κ1) is 19.4. The molecule has 7 nitrogen and oxygen atoms in total. The topological polar surface area (TPSA) is 88.1 Å². The smallest absolute Gasteiger partial charge is 0.337 e. The number of amides is 1. The van der Waals surface area contributed by atoms with E-state index in [4.69, 9.17) is 9.47 Å². The molecule has 0 saturated heterocycles. The summed E-state index contributed by atoms with van der Waals surface area (Å²) < 4.78 is 10.3. The Morgan fingerprint density at radius 3 is 2.46 bits per heavy atom. The molecule has 146 valence electrons. The monoisotopic (exact) mass is 382 g/mol. The van der Waals surface area contributed by atoms with Crippen molar-refractivity contribution in [2.75, 3.05) is 39.2 Å². The van der Waals surface area contributed by atoms with E-state index in [0.717, 1.165) is 11.1 Å². The molecule has 2 aromatic carbocycles. The highest BCUT2D eigenvalue weighted by Crippen LogP contribution is 2.36. The molecule has 0 radical (unpaired) electrons. The number of β-amino-alcohol motifs (C(OH)–C–C–N with tert-alkyl or cyclic N) is 1. The van der Waals surface area contributed by atoms with Crippen LogP contribution in [0.3, 0.4) is 0 Å². The summed E-state index contributed by atoms with van der Waals surface area (Å²) in [5.41, 5.74) is 2.72. The highest BCUT2D eigenvalue weighted by Gasteiger charge is 2.34. The van der Waals surface area contributed by atoms with Gasteiger partial charge in [-0.15, -0.1) is 0 Å². The molecule has 0 aliphatic carbocycles. The lowest BCUT2D eigenvalue weighted by Gasteiger charge is -2.17. The third-order valence-electron chi connectivity index (χ3n) is 4.54. The third-order valence-corrected chi connectivity index (χ3v) is 4.54. The molecule has 0 fully saturated rings. The van der Waals surface area contributed by atoms with Crippen LogP contribution in [0.5, 0.6) is 5.75 Å². The molecule has 0 aromatic heterocycles. The van der Waals surface area contributed by atoms with Gasteiger partial charge in [0.1, 0.15) is 11.4 Å². The summed E-state index contributed by atoms with van der Waals surface area (Å²) in [5, 5.41) is 12.3. The zero-order valence-electron chi connectivity index (χ0n) is 15.8. The van der Waals surface area contributed by atoms with Crippen LogP contribution in [-0.2, 0) is 14.3 Å². The van der Waals surface area contributed by atoms with E-state index in [2.05, 4.69) is 5.32 Å². The number of benzene rings is 2. The van der Waals surface area contributed by atoms with Crippen LogP contribution in [-0.4, -0.2) is 55.8 Å². The minimum Gasteiger partial charge on any atom is -0.496 e. The number of esters is 1. The summed E-state index contributed by atoms with van der Waals surface area (Å²) in [6, 6.07) is 15.0. The van der Waals surface area contributed by atoms with Crippen LogP contribution in [0.1, 0.15) is 0 Å². The summed E-state index contributed by atoms with van der Waals surface area (Å²) in [4.78, 5) is 26.4. The van der Waals surface area contributed by atoms with E-state index in [-0.39, 0.29) is 36.9 Å². The van der Waals surface area contributed by atoms with E-state index < -0.39 is 5.97 Å². The fourth-order valence-corrected chi connectivity index (χ4v) is 3.18. The van der Waals surface area contributed by atoms with E-state index in [0.29, 0.717) is 11.4 Å². The second-order valence-electron chi connectivity index (χ2n) is 6.17. The molecule has 7 heteroatoms. The standard InChI is InChI=1S/C21H22N2O5/c1-27-18-10-6-4-8-15(18)14-7-3-5-9-17(14)22-19-16(21(26)28-2)13-23(11-12-24)20(19)25/h3-10,22,24H,11-13H2,1-2H3. The van der Waals surface area contributed by atoms with E-state index in [1.165, 1.54) is 12.0 Å². The van der Waals surface area contributed by atoms with Gasteiger partial charge >= 0.3 is 5.97 Å². The van der Waals surface area contributed by atoms with Crippen molar-refractivity contribution in [3.8, 4) is 16.9 Å². The SMILES string of the molecule is COC(=O)C1=C(Nc2ccccc2-c2ccccc2OC)C(=O)N(CCO)C1. The fraction of sp³-hybridized carbons (Fsp3) is 0.238. The number of hydrogen-bond donors (Lipinski definition) is 2. The molecule has 28 heavy (non-hydrogen) atoms. The highest BCUT2D eigenvalue weighted by molar-refractivity contribution is 6.09. The average Bonchev–Trinajstić information content (AvgIpc) is 3.04. The van der Waals surface area contributed by atoms with Crippen molar-refractivity contribution in [2.45, 2.75) is 0 Å². The maximum atomic E-state index is 12.8. The number of methoxy groups -OCH3 is 2. The van der Waals surface area contributed by atoms with Crippen molar-refractivity contribution in [3.63, 3.8) is 0 Å². The molecule has 1 aliphatic heterocycles. The van der Waals surface area contributed by atoms with Crippen molar-refractivity contribution in [2.24, 2.45) is 0 Å². The molecular formula is C21H22N2O5. The first-order valence-electron chi connectivity index (χ1n) is 8.81. The van der Waals surface area contributed by atoms with E-state index in [9.17, 15) is 14.7 Å². The van der Waals surface area contributed by atoms with Crippen LogP contribution in [0.2, 0.25) is 0 Å². The Bertz CT molecular complexity index is 923. The molecular weight excluding hydrogens is 360 g/mol. The van der Waals surface area contributed by atoms with Gasteiger partial charge in [-0.05, 0) is 12.1 Å². The summed E-state index contributed by atoms with van der Waals surface area (Å²) in [6.45, 7) is 0.0369. The number of hydrogen-bond acceptors (Lipinski definition) is 6. The van der Waals surface area contributed by atoms with Crippen LogP contribution < -0.4 is 10.1 Å². The molecule has 2 N–H and O–H groups in total. The van der Waals surface area contributed by atoms with E-state index >= 15 is 0 Å². The average molecular weight is 382 g/mol. The molecule has 0 saturated carbocycles. The number of para-hydroxylation sites is 2. The van der Waals surface area contributed by atoms with Gasteiger partial charge in [-0.1, -0.05) is 36.4 Å². The van der Waals surface area contributed by atoms with Gasteiger partial charge in [0.15, 0.2) is 0 Å². The quantitative estimate of drug-likeness (QED) is 0.713. The van der Waals surface area contributed by atoms with Crippen molar-refractivity contribution in [1.29, 1.82) is 0 Å². The van der Waals surface area contributed by atoms with E-state index in [1.807, 2.05) is 48.5 Å². The van der Waals surface area contributed by atoms with Gasteiger partial charge in [0.25, 0.3) is 5.91 Å². The minimum absolute atomic E-state index is 0.0885. The number of aliphatic hydroxyl groups excluding tert-OH is 1. The van der Waals surface area contributed by atoms with Crippen molar-refractivity contribution in [1.82, 2.24) is 4.90 Å². The van der Waals surface area contributed by atoms with Gasteiger partial charge < -0.3 is 24.8 Å². The number of rotatable bonds is 7. The Morgan fingerprint density at radius 1 is 1.11 bits per heavy atom. The molecule has 0 spiro atoms. The van der Waals surface area contributed by atoms with Crippen molar-refractivity contribution in [3.05, 3.63) is 59.8 Å². The fourth-order valence-electron chi connectivity index (χ4n) is 3.18. The van der Waals surface area contributed by atoms with Crippen LogP contribution in [0.4, 0.5) is 5.69 Å². The lowest BCUT2D eigenvalue weighted by molar-refractivity contribution is -0.136. The zero-order chi connectivity index (χ0) is 20.1. The summed E-state index contributed by atoms with van der Waals surface area (Å²) >= 11 is 0. The van der Waals surface area contributed by atoms with E-state index in [1.54, 1.807) is 7.11 Å². The Morgan fingerprint density at radius 2 is 1.79 bits per heavy atom. The van der Waals surface area contributed by atoms with Crippen molar-refractivity contribution < 1.29 is 24.2 Å². The Kier molecular flexibility index (Phi) is 5.96. The Labute approximate surface area is 163 Å². The molecule has 0 atom stereocenters. The lowest BCUT2D eigenvalue weighted by atomic mass is 10.0. The first-order valence-corrected chi connectivity index (χ1v) is 8.81. The second kappa shape index (κ2) is 8.58. The molecule has 2 aromatic rings. The number of nitrogens with one attached hydrogen (secondary N) is 1. The first-order chi connectivity index (χ1) is 13.6. The lowest BCUT2D eigenvalue weighted by Crippen LogP contribution is -2.31. The normalized spacial score (nSPS) is 13.7. The summed E-state index contributed by atoms with van der Waals surface area (Å²) in [5.74, 6) is -0.242. The predicted octanol–water partition coefficient (Wildman–Crippen LogP) is 2.04. The number of anilines is 1. The van der Waals surface area contributed by atoms with Gasteiger partial charge in [-0.3, -0.25) is 4.79 Å². The molecule has 3 rings (SSSR count). The molecule has 1 amide bonds. The number of nitrogens with zero attached hydrogens (tertiary/aromatic N) is 1. The Hall–Kier alpha value is -3.32. The largest absolute Gasteiger partial charge is 0.496 e. The molecule has 0 bridgehead atoms. The number of carbonyl (C=O) groups is 2. The predicted molar refractivity (Wildman–Crippen MR) is 105 cm³/mol. The Balaban J connectivity index is 2.03. The maximum Gasteiger partial charge on any atom is 0.337 e. The van der Waals surface area contributed by atoms with Gasteiger partial charge in [0, 0.05) is 23.4 Å². The molecule has 0 unspecified atom stereocenters. The van der Waals surface area contributed by atoms with Gasteiger partial charge in [0.05, 0.1) is 32.9 Å². The van der Waals surface area contributed by atoms with Gasteiger partial charge in [-0.25, -0.2) is 4.79 Å². The van der Waals surface area contributed by atoms with Gasteiger partial charge in [0.2, 0.25) is 0 Å². The van der Waals surface area contributed by atoms with Gasteiger partial charge in [-0.2, -0.15) is 0 Å². The minimum atomic E-state index is -0.578. The number of ether oxygens (including phenoxy) is 2. The maximum absolute atomic E-state index is 12.8. The van der Waals surface area contributed by atoms with Crippen LogP contribution in [0.25, 0.3) is 11.1 Å². The second-order valence-corrected chi connectivity index (χ2v) is 6.17.